The number of alkyl halides is 3. The van der Waals surface area contributed by atoms with Crippen molar-refractivity contribution < 1.29 is 22.6 Å². The average molecular weight is 637 g/mol. The number of ether oxygens (including phenoxy) is 2. The largest absolute Gasteiger partial charge is 0.493 e. The molecule has 0 spiro atoms. The molecular formula is C35H39F3N4O2S. The van der Waals surface area contributed by atoms with Crippen molar-refractivity contribution in [3.8, 4) is 18.2 Å². The van der Waals surface area contributed by atoms with E-state index in [4.69, 9.17) is 20.0 Å². The molecule has 10 heteroatoms. The number of nitrogens with zero attached hydrogens (tertiary/aromatic N) is 4. The first-order valence-corrected chi connectivity index (χ1v) is 15.5. The van der Waals surface area contributed by atoms with Crippen LogP contribution in [0, 0.1) is 34.0 Å². The Kier molecular flexibility index (Phi) is 15.2. The smallest absolute Gasteiger partial charge is 0.417 e. The topological polar surface area (TPSA) is 93.1 Å². The number of rotatable bonds is 16. The van der Waals surface area contributed by atoms with E-state index in [2.05, 4.69) is 37.5 Å². The molecule has 1 aromatic rings. The van der Waals surface area contributed by atoms with Crippen LogP contribution in [0.4, 0.5) is 13.2 Å². The molecule has 0 aliphatic heterocycles. The molecule has 0 N–H and O–H groups in total. The lowest BCUT2D eigenvalue weighted by molar-refractivity contribution is -0.0888. The highest BCUT2D eigenvalue weighted by Crippen LogP contribution is 2.34. The maximum atomic E-state index is 14.0. The molecule has 1 heterocycles. The fourth-order valence-electron chi connectivity index (χ4n) is 4.48. The molecule has 6 nitrogen and oxygen atoms in total. The van der Waals surface area contributed by atoms with Crippen molar-refractivity contribution in [1.82, 2.24) is 4.90 Å². The number of nitriles is 3. The summed E-state index contributed by atoms with van der Waals surface area (Å²) in [6.45, 7) is 12.7. The van der Waals surface area contributed by atoms with Gasteiger partial charge in [0.15, 0.2) is 11.3 Å². The van der Waals surface area contributed by atoms with Crippen LogP contribution >= 0.6 is 11.3 Å². The molecule has 1 unspecified atom stereocenters. The Hall–Kier alpha value is -4.30. The van der Waals surface area contributed by atoms with Crippen LogP contribution in [0.15, 0.2) is 82.4 Å². The van der Waals surface area contributed by atoms with E-state index in [-0.39, 0.29) is 6.04 Å². The lowest BCUT2D eigenvalue weighted by atomic mass is 9.98. The molecule has 1 aromatic heterocycles. The van der Waals surface area contributed by atoms with Crippen LogP contribution in [-0.2, 0) is 9.47 Å². The molecule has 0 bridgehead atoms. The minimum Gasteiger partial charge on any atom is -0.493 e. The Morgan fingerprint density at radius 1 is 1.04 bits per heavy atom. The lowest BCUT2D eigenvalue weighted by Crippen LogP contribution is -2.36. The van der Waals surface area contributed by atoms with Crippen molar-refractivity contribution in [2.45, 2.75) is 65.1 Å². The third kappa shape index (κ3) is 11.3. The number of hydrogen-bond donors (Lipinski definition) is 0. The fraction of sp³-hybridized carbons (Fsp3) is 0.400. The van der Waals surface area contributed by atoms with Crippen LogP contribution in [0.5, 0.6) is 0 Å². The van der Waals surface area contributed by atoms with Gasteiger partial charge < -0.3 is 9.47 Å². The van der Waals surface area contributed by atoms with Crippen LogP contribution in [0.25, 0.3) is 12.2 Å². The molecule has 1 aliphatic rings. The summed E-state index contributed by atoms with van der Waals surface area (Å²) in [6.07, 6.45) is 10.6. The first kappa shape index (κ1) is 36.9. The van der Waals surface area contributed by atoms with Crippen LogP contribution in [0.1, 0.15) is 62.6 Å². The van der Waals surface area contributed by atoms with E-state index in [1.54, 1.807) is 12.1 Å². The van der Waals surface area contributed by atoms with E-state index in [0.717, 1.165) is 80.2 Å². The van der Waals surface area contributed by atoms with Gasteiger partial charge in [0.2, 0.25) is 0 Å². The number of methoxy groups -OCH3 is 1. The van der Waals surface area contributed by atoms with E-state index < -0.39 is 28.7 Å². The summed E-state index contributed by atoms with van der Waals surface area (Å²) in [6, 6.07) is 8.07. The zero-order valence-electron chi connectivity index (χ0n) is 26.2. The third-order valence-corrected chi connectivity index (χ3v) is 7.82. The van der Waals surface area contributed by atoms with Crippen molar-refractivity contribution >= 4 is 23.5 Å². The highest BCUT2D eigenvalue weighted by atomic mass is 32.1. The minimum absolute atomic E-state index is 0.235. The van der Waals surface area contributed by atoms with Crippen molar-refractivity contribution in [2.24, 2.45) is 0 Å². The first-order chi connectivity index (χ1) is 21.5. The van der Waals surface area contributed by atoms with E-state index >= 15 is 0 Å². The Bertz CT molecular complexity index is 1480. The molecule has 0 saturated carbocycles. The van der Waals surface area contributed by atoms with Gasteiger partial charge in [-0.1, -0.05) is 45.4 Å². The second-order valence-corrected chi connectivity index (χ2v) is 11.6. The second kappa shape index (κ2) is 18.5. The van der Waals surface area contributed by atoms with Gasteiger partial charge in [0.1, 0.15) is 36.1 Å². The average Bonchev–Trinajstić information content (AvgIpc) is 3.47. The first-order valence-electron chi connectivity index (χ1n) is 14.7. The molecule has 0 aromatic carbocycles. The highest BCUT2D eigenvalue weighted by Gasteiger charge is 2.37. The monoisotopic (exact) mass is 636 g/mol. The fourth-order valence-corrected chi connectivity index (χ4v) is 5.30. The minimum atomic E-state index is -4.94. The number of unbranched alkanes of at least 4 members (excludes halogenated alkanes) is 2. The predicted octanol–water partition coefficient (Wildman–Crippen LogP) is 9.18. The van der Waals surface area contributed by atoms with Crippen molar-refractivity contribution in [3.63, 3.8) is 0 Å². The van der Waals surface area contributed by atoms with E-state index in [9.17, 15) is 18.4 Å². The van der Waals surface area contributed by atoms with Crippen molar-refractivity contribution in [1.29, 1.82) is 15.8 Å². The molecule has 1 aliphatic carbocycles. The number of halogens is 3. The Labute approximate surface area is 268 Å². The summed E-state index contributed by atoms with van der Waals surface area (Å²) >= 11 is 1.26. The Morgan fingerprint density at radius 3 is 2.18 bits per heavy atom. The Morgan fingerprint density at radius 2 is 1.67 bits per heavy atom. The van der Waals surface area contributed by atoms with E-state index in [1.165, 1.54) is 35.6 Å². The van der Waals surface area contributed by atoms with Gasteiger partial charge in [0.05, 0.1) is 12.7 Å². The van der Waals surface area contributed by atoms with Gasteiger partial charge in [-0.15, -0.1) is 11.3 Å². The number of hydrogen-bond acceptors (Lipinski definition) is 7. The molecule has 1 atom stereocenters. The summed E-state index contributed by atoms with van der Waals surface area (Å²) in [5, 5.41) is 27.7. The van der Waals surface area contributed by atoms with Gasteiger partial charge in [-0.2, -0.15) is 29.0 Å². The van der Waals surface area contributed by atoms with Gasteiger partial charge in [-0.25, -0.2) is 0 Å². The molecule has 238 valence electrons. The molecule has 45 heavy (non-hydrogen) atoms. The SMILES string of the molecule is C=C(C)COC1=CC(N(CCCC)CCCC)CC=C1/C=C/c1ccc(/C=C/C(=C(\C#N)C(OC)=C(C#N)C#N)C(F)(F)F)s1. The molecule has 0 saturated heterocycles. The maximum Gasteiger partial charge on any atom is 0.417 e. The molecule has 0 fully saturated rings. The predicted molar refractivity (Wildman–Crippen MR) is 173 cm³/mol. The standard InChI is InChI=1S/C35H39F3N4O2S/c1-6-8-18-42(19-9-7-2)28-12-10-26(33(20-28)44-24-25(3)4)11-13-29-14-15-30(45-29)16-17-32(35(36,37)38)31(23-41)34(43-5)27(21-39)22-40/h10-11,13-17,20,28H,3,6-9,12,18-19,24H2,1-2,4-5H3/b13-11+,17-16+,32-31-. The summed E-state index contributed by atoms with van der Waals surface area (Å²) in [4.78, 5) is 3.82. The van der Waals surface area contributed by atoms with Crippen molar-refractivity contribution in [3.05, 3.63) is 92.2 Å². The number of thiophene rings is 1. The summed E-state index contributed by atoms with van der Waals surface area (Å²) in [5.41, 5.74) is -1.17. The third-order valence-electron chi connectivity index (χ3n) is 6.81. The maximum absolute atomic E-state index is 14.0. The summed E-state index contributed by atoms with van der Waals surface area (Å²) in [5.74, 6) is 0.0501. The second-order valence-electron chi connectivity index (χ2n) is 10.4. The van der Waals surface area contributed by atoms with Gasteiger partial charge in [-0.05, 0) is 81.3 Å². The van der Waals surface area contributed by atoms with Crippen LogP contribution in [0.2, 0.25) is 0 Å². The van der Waals surface area contributed by atoms with E-state index in [1.807, 2.05) is 19.1 Å². The van der Waals surface area contributed by atoms with Crippen LogP contribution in [0.3, 0.4) is 0 Å². The molecular weight excluding hydrogens is 597 g/mol. The molecule has 0 radical (unpaired) electrons. The van der Waals surface area contributed by atoms with Crippen LogP contribution < -0.4 is 0 Å². The summed E-state index contributed by atoms with van der Waals surface area (Å²) < 4.78 is 52.9. The van der Waals surface area contributed by atoms with Gasteiger partial charge in [0, 0.05) is 21.4 Å². The zero-order valence-corrected chi connectivity index (χ0v) is 27.0. The van der Waals surface area contributed by atoms with Crippen LogP contribution in [-0.4, -0.2) is 43.9 Å². The quantitative estimate of drug-likeness (QED) is 0.0777. The van der Waals surface area contributed by atoms with Gasteiger partial charge >= 0.3 is 6.18 Å². The van der Waals surface area contributed by atoms with Gasteiger partial charge in [0.25, 0.3) is 0 Å². The highest BCUT2D eigenvalue weighted by molar-refractivity contribution is 7.13. The van der Waals surface area contributed by atoms with Crippen molar-refractivity contribution in [2.75, 3.05) is 26.8 Å². The summed E-state index contributed by atoms with van der Waals surface area (Å²) in [7, 11) is 0.998. The Balaban J connectivity index is 2.37. The van der Waals surface area contributed by atoms with Gasteiger partial charge in [-0.3, -0.25) is 4.90 Å². The lowest BCUT2D eigenvalue weighted by Gasteiger charge is -2.32. The zero-order chi connectivity index (χ0) is 33.4. The number of allylic oxidation sites excluding steroid dienone is 5. The van der Waals surface area contributed by atoms with E-state index in [0.29, 0.717) is 11.5 Å². The molecule has 2 rings (SSSR count). The molecule has 0 amide bonds. The normalized spacial score (nSPS) is 15.5.